The molecule has 1 amide bonds. The molecule has 2 rings (SSSR count). The minimum Gasteiger partial charge on any atom is -0.351 e. The summed E-state index contributed by atoms with van der Waals surface area (Å²) < 4.78 is 0. The molecule has 2 atom stereocenters. The molecule has 0 aromatic carbocycles. The Morgan fingerprint density at radius 2 is 2.13 bits per heavy atom. The summed E-state index contributed by atoms with van der Waals surface area (Å²) in [5.41, 5.74) is 0. The van der Waals surface area contributed by atoms with E-state index in [1.54, 1.807) is 0 Å². The van der Waals surface area contributed by atoms with Crippen LogP contribution in [-0.4, -0.2) is 24.5 Å². The lowest BCUT2D eigenvalue weighted by Gasteiger charge is -2.28. The van der Waals surface area contributed by atoms with E-state index in [0.29, 0.717) is 12.0 Å². The molecule has 1 saturated heterocycles. The zero-order valence-corrected chi connectivity index (χ0v) is 9.33. The van der Waals surface area contributed by atoms with Gasteiger partial charge >= 0.3 is 0 Å². The first-order valence-electron chi connectivity index (χ1n) is 5.94. The van der Waals surface area contributed by atoms with Crippen LogP contribution in [0.15, 0.2) is 12.2 Å². The quantitative estimate of drug-likeness (QED) is 0.670. The molecule has 0 radical (unpaired) electrons. The van der Waals surface area contributed by atoms with Crippen LogP contribution in [0.2, 0.25) is 0 Å². The Balaban J connectivity index is 1.79. The van der Waals surface area contributed by atoms with Crippen molar-refractivity contribution in [1.29, 1.82) is 0 Å². The molecule has 0 aromatic rings. The second-order valence-corrected chi connectivity index (χ2v) is 4.78. The highest BCUT2D eigenvalue weighted by atomic mass is 16.2. The molecule has 2 aliphatic rings. The first kappa shape index (κ1) is 10.7. The van der Waals surface area contributed by atoms with Gasteiger partial charge in [-0.2, -0.15) is 0 Å². The fourth-order valence-corrected chi connectivity index (χ4v) is 2.34. The van der Waals surface area contributed by atoms with Crippen LogP contribution in [0, 0.1) is 5.92 Å². The Hall–Kier alpha value is -0.830. The summed E-state index contributed by atoms with van der Waals surface area (Å²) in [4.78, 5) is 11.9. The number of carbonyl (C=O) groups is 1. The third kappa shape index (κ3) is 2.81. The van der Waals surface area contributed by atoms with E-state index in [9.17, 15) is 4.79 Å². The van der Waals surface area contributed by atoms with Crippen molar-refractivity contribution in [2.75, 3.05) is 6.54 Å². The van der Waals surface area contributed by atoms with Gasteiger partial charge in [-0.3, -0.25) is 4.79 Å². The van der Waals surface area contributed by atoms with Gasteiger partial charge in [-0.05, 0) is 38.1 Å². The predicted molar refractivity (Wildman–Crippen MR) is 60.5 cm³/mol. The lowest BCUT2D eigenvalue weighted by atomic mass is 9.94. The largest absolute Gasteiger partial charge is 0.351 e. The molecule has 1 aliphatic carbocycles. The Labute approximate surface area is 91.3 Å². The van der Waals surface area contributed by atoms with Crippen LogP contribution in [0.3, 0.4) is 0 Å². The first-order chi connectivity index (χ1) is 7.25. The standard InChI is InChI=1S/C12H20N2O/c1-9-6-7-13-11(8-9)12(15)14-10-4-2-3-5-10/h2-3,9-11,13H,4-8H2,1H3,(H,14,15). The molecule has 1 fully saturated rings. The molecule has 0 aromatic heterocycles. The van der Waals surface area contributed by atoms with Crippen molar-refractivity contribution in [2.24, 2.45) is 5.92 Å². The summed E-state index contributed by atoms with van der Waals surface area (Å²) in [7, 11) is 0. The maximum absolute atomic E-state index is 11.9. The Bertz CT molecular complexity index is 254. The highest BCUT2D eigenvalue weighted by Gasteiger charge is 2.26. The van der Waals surface area contributed by atoms with Gasteiger partial charge in [0, 0.05) is 6.04 Å². The highest BCUT2D eigenvalue weighted by Crippen LogP contribution is 2.16. The van der Waals surface area contributed by atoms with Gasteiger partial charge < -0.3 is 10.6 Å². The van der Waals surface area contributed by atoms with Gasteiger partial charge in [0.2, 0.25) is 5.91 Å². The fourth-order valence-electron chi connectivity index (χ4n) is 2.34. The summed E-state index contributed by atoms with van der Waals surface area (Å²) in [5.74, 6) is 0.860. The van der Waals surface area contributed by atoms with E-state index >= 15 is 0 Å². The summed E-state index contributed by atoms with van der Waals surface area (Å²) in [5, 5.41) is 6.40. The minimum atomic E-state index is 0.0364. The molecule has 0 bridgehead atoms. The van der Waals surface area contributed by atoms with Gasteiger partial charge in [-0.1, -0.05) is 19.1 Å². The third-order valence-corrected chi connectivity index (χ3v) is 3.34. The van der Waals surface area contributed by atoms with Crippen LogP contribution in [0.5, 0.6) is 0 Å². The van der Waals surface area contributed by atoms with Crippen LogP contribution in [0.4, 0.5) is 0 Å². The number of hydrogen-bond acceptors (Lipinski definition) is 2. The van der Waals surface area contributed by atoms with Crippen molar-refractivity contribution in [3.8, 4) is 0 Å². The van der Waals surface area contributed by atoms with Gasteiger partial charge in [-0.25, -0.2) is 0 Å². The number of hydrogen-bond donors (Lipinski definition) is 2. The second kappa shape index (κ2) is 4.79. The van der Waals surface area contributed by atoms with Crippen molar-refractivity contribution in [1.82, 2.24) is 10.6 Å². The topological polar surface area (TPSA) is 41.1 Å². The van der Waals surface area contributed by atoms with Crippen molar-refractivity contribution < 1.29 is 4.79 Å². The minimum absolute atomic E-state index is 0.0364. The monoisotopic (exact) mass is 208 g/mol. The molecule has 3 heteroatoms. The molecule has 1 heterocycles. The number of piperidine rings is 1. The van der Waals surface area contributed by atoms with Gasteiger partial charge in [0.15, 0.2) is 0 Å². The SMILES string of the molecule is CC1CCNC(C(=O)NC2CC=CC2)C1. The number of nitrogens with one attached hydrogen (secondary N) is 2. The average molecular weight is 208 g/mol. The van der Waals surface area contributed by atoms with E-state index in [4.69, 9.17) is 0 Å². The van der Waals surface area contributed by atoms with Gasteiger partial charge in [0.25, 0.3) is 0 Å². The second-order valence-electron chi connectivity index (χ2n) is 4.78. The molecule has 84 valence electrons. The molecular formula is C12H20N2O. The number of amides is 1. The molecule has 15 heavy (non-hydrogen) atoms. The van der Waals surface area contributed by atoms with Gasteiger partial charge in [0.05, 0.1) is 6.04 Å². The van der Waals surface area contributed by atoms with E-state index in [-0.39, 0.29) is 11.9 Å². The van der Waals surface area contributed by atoms with Crippen molar-refractivity contribution >= 4 is 5.91 Å². The highest BCUT2D eigenvalue weighted by molar-refractivity contribution is 5.82. The molecular weight excluding hydrogens is 188 g/mol. The molecule has 3 nitrogen and oxygen atoms in total. The average Bonchev–Trinajstić information content (AvgIpc) is 2.70. The maximum Gasteiger partial charge on any atom is 0.237 e. The van der Waals surface area contributed by atoms with Crippen LogP contribution in [0.1, 0.15) is 32.6 Å². The summed E-state index contributed by atoms with van der Waals surface area (Å²) >= 11 is 0. The van der Waals surface area contributed by atoms with E-state index in [1.807, 2.05) is 0 Å². The first-order valence-corrected chi connectivity index (χ1v) is 5.94. The smallest absolute Gasteiger partial charge is 0.237 e. The summed E-state index contributed by atoms with van der Waals surface area (Å²) in [6.45, 7) is 3.19. The molecule has 0 spiro atoms. The fraction of sp³-hybridized carbons (Fsp3) is 0.750. The van der Waals surface area contributed by atoms with Crippen LogP contribution in [0.25, 0.3) is 0 Å². The predicted octanol–water partition coefficient (Wildman–Crippen LogP) is 1.21. The van der Waals surface area contributed by atoms with Crippen molar-refractivity contribution in [2.45, 2.75) is 44.7 Å². The van der Waals surface area contributed by atoms with Gasteiger partial charge in [0.1, 0.15) is 0 Å². The zero-order valence-electron chi connectivity index (χ0n) is 9.33. The Kier molecular flexibility index (Phi) is 3.41. The lowest BCUT2D eigenvalue weighted by molar-refractivity contribution is -0.124. The van der Waals surface area contributed by atoms with Crippen molar-refractivity contribution in [3.05, 3.63) is 12.2 Å². The Morgan fingerprint density at radius 1 is 1.40 bits per heavy atom. The normalized spacial score (nSPS) is 31.8. The van der Waals surface area contributed by atoms with Crippen molar-refractivity contribution in [3.63, 3.8) is 0 Å². The molecule has 2 N–H and O–H groups in total. The lowest BCUT2D eigenvalue weighted by Crippen LogP contribution is -2.50. The van der Waals surface area contributed by atoms with E-state index < -0.39 is 0 Å². The molecule has 1 aliphatic heterocycles. The van der Waals surface area contributed by atoms with E-state index in [0.717, 1.165) is 25.8 Å². The summed E-state index contributed by atoms with van der Waals surface area (Å²) in [6.07, 6.45) is 8.44. The Morgan fingerprint density at radius 3 is 2.80 bits per heavy atom. The molecule has 0 saturated carbocycles. The molecule has 2 unspecified atom stereocenters. The van der Waals surface area contributed by atoms with Crippen LogP contribution in [-0.2, 0) is 4.79 Å². The number of carbonyl (C=O) groups excluding carboxylic acids is 1. The van der Waals surface area contributed by atoms with Gasteiger partial charge in [-0.15, -0.1) is 0 Å². The summed E-state index contributed by atoms with van der Waals surface area (Å²) in [6, 6.07) is 0.380. The third-order valence-electron chi connectivity index (χ3n) is 3.34. The van der Waals surface area contributed by atoms with E-state index in [2.05, 4.69) is 29.7 Å². The van der Waals surface area contributed by atoms with Crippen LogP contribution >= 0.6 is 0 Å². The van der Waals surface area contributed by atoms with Crippen LogP contribution < -0.4 is 10.6 Å². The zero-order chi connectivity index (χ0) is 10.7. The maximum atomic E-state index is 11.9. The number of rotatable bonds is 2. The van der Waals surface area contributed by atoms with E-state index in [1.165, 1.54) is 6.42 Å².